The molecule has 0 spiro atoms. The first-order valence-corrected chi connectivity index (χ1v) is 11.1. The van der Waals surface area contributed by atoms with E-state index in [1.807, 2.05) is 48.5 Å². The summed E-state index contributed by atoms with van der Waals surface area (Å²) in [5, 5.41) is 0. The zero-order valence-corrected chi connectivity index (χ0v) is 19.1. The van der Waals surface area contributed by atoms with Gasteiger partial charge in [0.25, 0.3) is 5.56 Å². The Bertz CT molecular complexity index is 782. The minimum absolute atomic E-state index is 0.0933. The average molecular weight is 408 g/mol. The highest BCUT2D eigenvalue weighted by Gasteiger charge is 2.53. The SMILES string of the molecule is Cn1cc(B2OC(C)(C)C(C)(C)O2)c([C@@H](N[S@@+]([O-])C(C)(C)C)C2CC2)cc1=O. The normalized spacial score (nSPS) is 23.7. The van der Waals surface area contributed by atoms with E-state index in [0.29, 0.717) is 5.92 Å². The molecule has 28 heavy (non-hydrogen) atoms. The van der Waals surface area contributed by atoms with Gasteiger partial charge in [0.1, 0.15) is 4.75 Å². The standard InChI is InChI=1S/C20H33BN2O4S/c1-18(2,3)28(25)22-17(13-9-10-13)14-11-16(24)23(8)12-15(14)21-26-19(4,5)20(6,7)27-21/h11-13,17,22H,9-10H2,1-8H3/t17-,28-/m0/s1. The van der Waals surface area contributed by atoms with Gasteiger partial charge in [-0.3, -0.25) is 4.79 Å². The molecule has 1 aromatic rings. The number of pyridine rings is 1. The van der Waals surface area contributed by atoms with Gasteiger partial charge in [-0.25, -0.2) is 0 Å². The van der Waals surface area contributed by atoms with Gasteiger partial charge in [0.15, 0.2) is 0 Å². The quantitative estimate of drug-likeness (QED) is 0.597. The molecule has 156 valence electrons. The molecule has 2 fully saturated rings. The Morgan fingerprint density at radius 3 is 2.25 bits per heavy atom. The topological polar surface area (TPSA) is 75.6 Å². The van der Waals surface area contributed by atoms with E-state index in [2.05, 4.69) is 4.72 Å². The van der Waals surface area contributed by atoms with Crippen molar-refractivity contribution in [3.8, 4) is 0 Å². The van der Waals surface area contributed by atoms with E-state index in [1.165, 1.54) is 0 Å². The van der Waals surface area contributed by atoms with Crippen molar-refractivity contribution in [2.75, 3.05) is 0 Å². The number of hydrogen-bond donors (Lipinski definition) is 1. The summed E-state index contributed by atoms with van der Waals surface area (Å²) in [6.45, 7) is 13.9. The lowest BCUT2D eigenvalue weighted by Crippen LogP contribution is -2.46. The lowest BCUT2D eigenvalue weighted by atomic mass is 9.75. The summed E-state index contributed by atoms with van der Waals surface area (Å²) >= 11 is -1.24. The van der Waals surface area contributed by atoms with Crippen molar-refractivity contribution in [1.29, 1.82) is 0 Å². The highest BCUT2D eigenvalue weighted by Crippen LogP contribution is 2.42. The first-order chi connectivity index (χ1) is 12.7. The lowest BCUT2D eigenvalue weighted by Gasteiger charge is -2.32. The summed E-state index contributed by atoms with van der Waals surface area (Å²) in [7, 11) is 1.16. The summed E-state index contributed by atoms with van der Waals surface area (Å²) in [6, 6.07) is 1.49. The first kappa shape index (κ1) is 21.9. The molecule has 2 heterocycles. The summed E-state index contributed by atoms with van der Waals surface area (Å²) in [6.07, 6.45) is 3.91. The molecule has 1 N–H and O–H groups in total. The number of nitrogens with zero attached hydrogens (tertiary/aromatic N) is 1. The van der Waals surface area contributed by atoms with E-state index >= 15 is 0 Å². The van der Waals surface area contributed by atoms with E-state index < -0.39 is 34.4 Å². The Balaban J connectivity index is 2.03. The van der Waals surface area contributed by atoms with Crippen LogP contribution >= 0.6 is 0 Å². The Kier molecular flexibility index (Phi) is 5.60. The molecule has 6 nitrogen and oxygen atoms in total. The van der Waals surface area contributed by atoms with E-state index in [1.54, 1.807) is 23.9 Å². The highest BCUT2D eigenvalue weighted by atomic mass is 32.2. The Morgan fingerprint density at radius 1 is 1.25 bits per heavy atom. The predicted octanol–water partition coefficient (Wildman–Crippen LogP) is 2.19. The van der Waals surface area contributed by atoms with E-state index in [-0.39, 0.29) is 11.6 Å². The highest BCUT2D eigenvalue weighted by molar-refractivity contribution is 7.90. The van der Waals surface area contributed by atoms with Gasteiger partial charge in [-0.1, -0.05) is 0 Å². The number of aromatic nitrogens is 1. The third-order valence-corrected chi connectivity index (χ3v) is 7.60. The van der Waals surface area contributed by atoms with Gasteiger partial charge in [-0.05, 0) is 72.8 Å². The minimum atomic E-state index is -1.24. The molecule has 3 rings (SSSR count). The number of aryl methyl sites for hydroxylation is 1. The van der Waals surface area contributed by atoms with Crippen LogP contribution in [0.2, 0.25) is 0 Å². The average Bonchev–Trinajstić information content (AvgIpc) is 3.34. The van der Waals surface area contributed by atoms with Crippen LogP contribution in [0, 0.1) is 5.92 Å². The number of rotatable bonds is 5. The van der Waals surface area contributed by atoms with Crippen molar-refractivity contribution < 1.29 is 13.9 Å². The van der Waals surface area contributed by atoms with E-state index in [0.717, 1.165) is 23.9 Å². The zero-order chi connectivity index (χ0) is 21.1. The van der Waals surface area contributed by atoms with Crippen LogP contribution in [0.15, 0.2) is 17.1 Å². The van der Waals surface area contributed by atoms with Crippen molar-refractivity contribution in [1.82, 2.24) is 9.29 Å². The second-order valence-corrected chi connectivity index (χ2v) is 12.0. The Morgan fingerprint density at radius 2 is 1.79 bits per heavy atom. The van der Waals surface area contributed by atoms with Crippen molar-refractivity contribution in [3.05, 3.63) is 28.2 Å². The first-order valence-electron chi connectivity index (χ1n) is 9.97. The molecule has 1 saturated carbocycles. The maximum Gasteiger partial charge on any atom is 0.496 e. The van der Waals surface area contributed by atoms with Crippen LogP contribution in [0.25, 0.3) is 0 Å². The maximum atomic E-state index is 12.8. The fourth-order valence-corrected chi connectivity index (χ4v) is 4.14. The van der Waals surface area contributed by atoms with Crippen molar-refractivity contribution in [2.45, 2.75) is 83.3 Å². The molecular formula is C20H33BN2O4S. The smallest absolute Gasteiger partial charge is 0.496 e. The van der Waals surface area contributed by atoms with Crippen LogP contribution in [0.3, 0.4) is 0 Å². The molecule has 2 aliphatic rings. The molecule has 0 radical (unpaired) electrons. The molecule has 1 aromatic heterocycles. The van der Waals surface area contributed by atoms with Crippen molar-refractivity contribution >= 4 is 23.9 Å². The fraction of sp³-hybridized carbons (Fsp3) is 0.750. The number of hydrogen-bond acceptors (Lipinski definition) is 5. The van der Waals surface area contributed by atoms with Gasteiger partial charge in [0, 0.05) is 36.1 Å². The molecule has 0 bridgehead atoms. The van der Waals surface area contributed by atoms with Crippen LogP contribution in [0.4, 0.5) is 0 Å². The Labute approximate surface area is 171 Å². The van der Waals surface area contributed by atoms with Crippen LogP contribution in [-0.4, -0.2) is 32.2 Å². The van der Waals surface area contributed by atoms with Crippen LogP contribution < -0.4 is 15.7 Å². The van der Waals surface area contributed by atoms with Gasteiger partial charge in [-0.2, -0.15) is 0 Å². The monoisotopic (exact) mass is 408 g/mol. The molecular weight excluding hydrogens is 375 g/mol. The predicted molar refractivity (Wildman–Crippen MR) is 114 cm³/mol. The summed E-state index contributed by atoms with van der Waals surface area (Å²) in [5.41, 5.74) is 0.628. The van der Waals surface area contributed by atoms with Gasteiger partial charge in [-0.15, -0.1) is 4.72 Å². The van der Waals surface area contributed by atoms with Gasteiger partial charge >= 0.3 is 7.12 Å². The Hall–Kier alpha value is -0.795. The van der Waals surface area contributed by atoms with Crippen molar-refractivity contribution in [2.24, 2.45) is 13.0 Å². The molecule has 0 amide bonds. The second kappa shape index (κ2) is 7.16. The van der Waals surface area contributed by atoms with E-state index in [9.17, 15) is 9.35 Å². The summed E-state index contributed by atoms with van der Waals surface area (Å²) in [5.74, 6) is 0.361. The fourth-order valence-electron chi connectivity index (χ4n) is 3.24. The molecule has 2 atom stereocenters. The molecule has 1 saturated heterocycles. The molecule has 0 aromatic carbocycles. The maximum absolute atomic E-state index is 12.8. The third kappa shape index (κ3) is 4.21. The van der Waals surface area contributed by atoms with Crippen molar-refractivity contribution in [3.63, 3.8) is 0 Å². The zero-order valence-electron chi connectivity index (χ0n) is 18.3. The largest absolute Gasteiger partial charge is 0.598 e. The van der Waals surface area contributed by atoms with E-state index in [4.69, 9.17) is 9.31 Å². The summed E-state index contributed by atoms with van der Waals surface area (Å²) < 4.78 is 29.8. The van der Waals surface area contributed by atoms with Gasteiger partial charge in [0.2, 0.25) is 0 Å². The number of nitrogens with one attached hydrogen (secondary N) is 1. The molecule has 1 aliphatic carbocycles. The third-order valence-electron chi connectivity index (χ3n) is 6.02. The van der Waals surface area contributed by atoms with Crippen LogP contribution in [0.1, 0.15) is 72.9 Å². The van der Waals surface area contributed by atoms with Crippen LogP contribution in [-0.2, 0) is 27.7 Å². The van der Waals surface area contributed by atoms with Gasteiger partial charge < -0.3 is 18.4 Å². The molecule has 1 aliphatic heterocycles. The lowest BCUT2D eigenvalue weighted by molar-refractivity contribution is 0.00578. The molecule has 0 unspecified atom stereocenters. The molecule has 8 heteroatoms. The van der Waals surface area contributed by atoms with Gasteiger partial charge in [0.05, 0.1) is 17.2 Å². The second-order valence-electron chi connectivity index (χ2n) is 10.0. The minimum Gasteiger partial charge on any atom is -0.598 e. The summed E-state index contributed by atoms with van der Waals surface area (Å²) in [4.78, 5) is 12.5. The van der Waals surface area contributed by atoms with Crippen LogP contribution in [0.5, 0.6) is 0 Å².